The van der Waals surface area contributed by atoms with Crippen LogP contribution >= 0.6 is 0 Å². The summed E-state index contributed by atoms with van der Waals surface area (Å²) < 4.78 is 136. The maximum Gasteiger partial charge on any atom is 0.416 e. The fourth-order valence-electron chi connectivity index (χ4n) is 6.06. The lowest BCUT2D eigenvalue weighted by molar-refractivity contribution is -0.143. The molecule has 266 valence electrons. The molecule has 17 heteroatoms. The summed E-state index contributed by atoms with van der Waals surface area (Å²) >= 11 is 0. The maximum absolute atomic E-state index is 14.0. The number of carbonyl (C=O) groups excluding carboxylic acids is 1. The van der Waals surface area contributed by atoms with Crippen LogP contribution in [0.4, 0.5) is 61.6 Å². The number of aromatic nitrogens is 2. The summed E-state index contributed by atoms with van der Waals surface area (Å²) in [6.07, 6.45) is -12.9. The third kappa shape index (κ3) is 7.97. The van der Waals surface area contributed by atoms with E-state index in [-0.39, 0.29) is 42.7 Å². The van der Waals surface area contributed by atoms with Crippen molar-refractivity contribution in [2.24, 2.45) is 0 Å². The minimum atomic E-state index is -5.14. The van der Waals surface area contributed by atoms with Crippen LogP contribution in [0.5, 0.6) is 0 Å². The Hall–Kier alpha value is -4.28. The van der Waals surface area contributed by atoms with Crippen LogP contribution in [0.15, 0.2) is 48.8 Å². The van der Waals surface area contributed by atoms with Crippen LogP contribution in [0.2, 0.25) is 0 Å². The molecule has 2 aliphatic rings. The quantitative estimate of drug-likeness (QED) is 0.229. The Bertz CT molecular complexity index is 1590. The summed E-state index contributed by atoms with van der Waals surface area (Å²) in [6, 6.07) is 2.02. The van der Waals surface area contributed by atoms with Gasteiger partial charge in [-0.2, -0.15) is 39.5 Å². The van der Waals surface area contributed by atoms with Gasteiger partial charge in [0.25, 0.3) is 0 Å². The van der Waals surface area contributed by atoms with Gasteiger partial charge in [-0.05, 0) is 67.3 Å². The van der Waals surface area contributed by atoms with Crippen molar-refractivity contribution in [1.82, 2.24) is 9.97 Å². The fraction of sp³-hybridized carbons (Fsp3) is 0.469. The SMILES string of the molecule is CCOC(=O)N1c2ccc(C(F)(F)F)cc2[C@@H](N(Cc2cc(C(F)(F)F)cc(C(F)(F)F)c2)c2ncc(N3CCOCC3)cn2)C[C@H]1CC. The van der Waals surface area contributed by atoms with Crippen molar-refractivity contribution in [1.29, 1.82) is 0 Å². The van der Waals surface area contributed by atoms with Crippen molar-refractivity contribution < 1.29 is 53.8 Å². The number of amides is 1. The Balaban J connectivity index is 1.69. The lowest BCUT2D eigenvalue weighted by atomic mass is 9.87. The zero-order valence-corrected chi connectivity index (χ0v) is 26.3. The molecule has 0 N–H and O–H groups in total. The number of alkyl halides is 9. The van der Waals surface area contributed by atoms with E-state index >= 15 is 0 Å². The highest BCUT2D eigenvalue weighted by atomic mass is 19.4. The van der Waals surface area contributed by atoms with E-state index in [4.69, 9.17) is 9.47 Å². The highest BCUT2D eigenvalue weighted by Gasteiger charge is 2.42. The lowest BCUT2D eigenvalue weighted by Crippen LogP contribution is -2.48. The molecule has 1 fully saturated rings. The van der Waals surface area contributed by atoms with E-state index in [0.717, 1.165) is 18.2 Å². The van der Waals surface area contributed by atoms with Crippen molar-refractivity contribution in [3.63, 3.8) is 0 Å². The summed E-state index contributed by atoms with van der Waals surface area (Å²) in [5.74, 6) is -0.157. The number of fused-ring (bicyclic) bond motifs is 1. The Labute approximate surface area is 275 Å². The molecule has 0 radical (unpaired) electrons. The van der Waals surface area contributed by atoms with Crippen LogP contribution in [0.1, 0.15) is 60.5 Å². The topological polar surface area (TPSA) is 71.0 Å². The van der Waals surface area contributed by atoms with Crippen LogP contribution in [0, 0.1) is 0 Å². The van der Waals surface area contributed by atoms with Gasteiger partial charge in [-0.3, -0.25) is 4.90 Å². The van der Waals surface area contributed by atoms with Gasteiger partial charge in [0.1, 0.15) is 0 Å². The van der Waals surface area contributed by atoms with E-state index < -0.39 is 65.5 Å². The summed E-state index contributed by atoms with van der Waals surface area (Å²) in [5, 5.41) is 0. The molecule has 2 aromatic carbocycles. The summed E-state index contributed by atoms with van der Waals surface area (Å²) in [6.45, 7) is 4.48. The number of hydrogen-bond acceptors (Lipinski definition) is 7. The van der Waals surface area contributed by atoms with Gasteiger partial charge in [-0.1, -0.05) is 6.92 Å². The standard InChI is InChI=1S/C32H32F9N5O3/c1-3-23-15-27(25-14-20(30(33,34)35)5-6-26(25)46(23)29(47)49-4-2)45(28-42-16-24(17-43-28)44-7-9-48-10-8-44)18-19-11-21(31(36,37)38)13-22(12-19)32(39,40)41/h5-6,11-14,16-17,23,27H,3-4,7-10,15,18H2,1-2H3/t23-,27+/m1/s1. The Morgan fingerprint density at radius 1 is 0.878 bits per heavy atom. The summed E-state index contributed by atoms with van der Waals surface area (Å²) in [4.78, 5) is 26.3. The number of rotatable bonds is 7. The van der Waals surface area contributed by atoms with Crippen molar-refractivity contribution in [2.75, 3.05) is 47.6 Å². The first-order chi connectivity index (χ1) is 23.0. The fourth-order valence-corrected chi connectivity index (χ4v) is 6.06. The minimum absolute atomic E-state index is 0.00266. The normalized spacial score (nSPS) is 18.7. The van der Waals surface area contributed by atoms with E-state index in [0.29, 0.717) is 44.1 Å². The average Bonchev–Trinajstić information content (AvgIpc) is 3.05. The van der Waals surface area contributed by atoms with E-state index in [1.165, 1.54) is 22.2 Å². The Kier molecular flexibility index (Phi) is 10.2. The number of nitrogens with zero attached hydrogens (tertiary/aromatic N) is 5. The third-order valence-electron chi connectivity index (χ3n) is 8.40. The Morgan fingerprint density at radius 3 is 2.00 bits per heavy atom. The molecular formula is C32H32F9N5O3. The molecule has 0 bridgehead atoms. The van der Waals surface area contributed by atoms with E-state index in [9.17, 15) is 44.3 Å². The van der Waals surface area contributed by atoms with Crippen molar-refractivity contribution in [3.8, 4) is 0 Å². The zero-order chi connectivity index (χ0) is 35.7. The molecule has 1 aromatic heterocycles. The van der Waals surface area contributed by atoms with Gasteiger partial charge in [0.2, 0.25) is 5.95 Å². The molecule has 3 aromatic rings. The Morgan fingerprint density at radius 2 is 1.47 bits per heavy atom. The molecule has 8 nitrogen and oxygen atoms in total. The first-order valence-corrected chi connectivity index (χ1v) is 15.4. The molecule has 0 saturated carbocycles. The number of hydrogen-bond donors (Lipinski definition) is 0. The van der Waals surface area contributed by atoms with Gasteiger partial charge in [0.15, 0.2) is 0 Å². The molecule has 0 aliphatic carbocycles. The van der Waals surface area contributed by atoms with E-state index in [1.54, 1.807) is 13.8 Å². The van der Waals surface area contributed by atoms with Crippen LogP contribution in [0.25, 0.3) is 0 Å². The molecule has 3 heterocycles. The van der Waals surface area contributed by atoms with Gasteiger partial charge in [0, 0.05) is 25.7 Å². The van der Waals surface area contributed by atoms with E-state index in [2.05, 4.69) is 9.97 Å². The summed E-state index contributed by atoms with van der Waals surface area (Å²) in [5.41, 5.74) is -4.06. The highest BCUT2D eigenvalue weighted by molar-refractivity contribution is 5.90. The lowest BCUT2D eigenvalue weighted by Gasteiger charge is -2.44. The molecule has 2 atom stereocenters. The van der Waals surface area contributed by atoms with Gasteiger partial charge >= 0.3 is 24.6 Å². The van der Waals surface area contributed by atoms with Gasteiger partial charge < -0.3 is 19.3 Å². The molecule has 49 heavy (non-hydrogen) atoms. The van der Waals surface area contributed by atoms with Crippen LogP contribution in [0.3, 0.4) is 0 Å². The van der Waals surface area contributed by atoms with Gasteiger partial charge in [-0.15, -0.1) is 0 Å². The van der Waals surface area contributed by atoms with E-state index in [1.807, 2.05) is 4.90 Å². The predicted octanol–water partition coefficient (Wildman–Crippen LogP) is 8.26. The largest absolute Gasteiger partial charge is 0.449 e. The maximum atomic E-state index is 14.0. The molecular weight excluding hydrogens is 673 g/mol. The molecule has 1 saturated heterocycles. The van der Waals surface area contributed by atoms with Crippen molar-refractivity contribution >= 4 is 23.4 Å². The number of carbonyl (C=O) groups is 1. The second kappa shape index (κ2) is 13.9. The smallest absolute Gasteiger partial charge is 0.416 e. The second-order valence-electron chi connectivity index (χ2n) is 11.5. The first-order valence-electron chi connectivity index (χ1n) is 15.4. The first kappa shape index (κ1) is 36.0. The van der Waals surface area contributed by atoms with Crippen LogP contribution in [-0.2, 0) is 34.5 Å². The molecule has 2 aliphatic heterocycles. The molecule has 0 spiro atoms. The number of halogens is 9. The zero-order valence-electron chi connectivity index (χ0n) is 26.3. The monoisotopic (exact) mass is 705 g/mol. The summed E-state index contributed by atoms with van der Waals surface area (Å²) in [7, 11) is 0. The number of morpholine rings is 1. The van der Waals surface area contributed by atoms with Crippen LogP contribution < -0.4 is 14.7 Å². The molecule has 0 unspecified atom stereocenters. The van der Waals surface area contributed by atoms with Gasteiger partial charge in [0.05, 0.1) is 66.3 Å². The molecule has 5 rings (SSSR count). The number of ether oxygens (including phenoxy) is 2. The van der Waals surface area contributed by atoms with Crippen molar-refractivity contribution in [3.05, 3.63) is 76.6 Å². The average molecular weight is 706 g/mol. The van der Waals surface area contributed by atoms with Crippen molar-refractivity contribution in [2.45, 2.75) is 63.8 Å². The highest BCUT2D eigenvalue weighted by Crippen LogP contribution is 2.46. The minimum Gasteiger partial charge on any atom is -0.449 e. The number of anilines is 3. The van der Waals surface area contributed by atoms with Crippen LogP contribution in [-0.4, -0.2) is 55.0 Å². The predicted molar refractivity (Wildman–Crippen MR) is 160 cm³/mol. The van der Waals surface area contributed by atoms with Gasteiger partial charge in [-0.25, -0.2) is 14.8 Å². The third-order valence-corrected chi connectivity index (χ3v) is 8.40. The molecule has 1 amide bonds. The second-order valence-corrected chi connectivity index (χ2v) is 11.5. The number of benzene rings is 2.